The SMILES string of the molecule is C=CCn1c(SCc2ccc(OC)cc2)nnc(Nc2ccc(OC)c(OC)c2)c1=O. The van der Waals surface area contributed by atoms with Crippen molar-refractivity contribution in [1.29, 1.82) is 0 Å². The molecule has 0 saturated carbocycles. The maximum atomic E-state index is 13.0. The van der Waals surface area contributed by atoms with Crippen LogP contribution in [0.2, 0.25) is 0 Å². The first-order valence-corrected chi connectivity index (χ1v) is 10.4. The molecular weight excluding hydrogens is 416 g/mol. The molecule has 0 atom stereocenters. The molecular formula is C22H24N4O4S. The van der Waals surface area contributed by atoms with E-state index in [1.165, 1.54) is 16.3 Å². The largest absolute Gasteiger partial charge is 0.497 e. The summed E-state index contributed by atoms with van der Waals surface area (Å²) >= 11 is 1.43. The van der Waals surface area contributed by atoms with E-state index in [0.29, 0.717) is 34.6 Å². The minimum Gasteiger partial charge on any atom is -0.497 e. The second-order valence-electron chi connectivity index (χ2n) is 6.37. The lowest BCUT2D eigenvalue weighted by molar-refractivity contribution is 0.355. The highest BCUT2D eigenvalue weighted by molar-refractivity contribution is 7.98. The minimum absolute atomic E-state index is 0.114. The zero-order valence-electron chi connectivity index (χ0n) is 17.6. The molecule has 0 aliphatic rings. The Kier molecular flexibility index (Phi) is 7.55. The van der Waals surface area contributed by atoms with Crippen molar-refractivity contribution < 1.29 is 14.2 Å². The molecule has 9 heteroatoms. The average Bonchev–Trinajstić information content (AvgIpc) is 2.81. The molecule has 31 heavy (non-hydrogen) atoms. The Labute approximate surface area is 184 Å². The lowest BCUT2D eigenvalue weighted by Gasteiger charge is -2.13. The summed E-state index contributed by atoms with van der Waals surface area (Å²) in [5.74, 6) is 2.68. The molecule has 0 radical (unpaired) electrons. The van der Waals surface area contributed by atoms with Crippen LogP contribution in [0.25, 0.3) is 0 Å². The Bertz CT molecular complexity index is 1100. The topological polar surface area (TPSA) is 87.5 Å². The van der Waals surface area contributed by atoms with E-state index in [9.17, 15) is 4.79 Å². The summed E-state index contributed by atoms with van der Waals surface area (Å²) in [6.07, 6.45) is 1.65. The highest BCUT2D eigenvalue weighted by Gasteiger charge is 2.14. The van der Waals surface area contributed by atoms with E-state index in [1.807, 2.05) is 24.3 Å². The summed E-state index contributed by atoms with van der Waals surface area (Å²) < 4.78 is 17.3. The number of hydrogen-bond acceptors (Lipinski definition) is 8. The molecule has 0 bridgehead atoms. The van der Waals surface area contributed by atoms with Crippen LogP contribution < -0.4 is 25.1 Å². The maximum Gasteiger partial charge on any atom is 0.297 e. The van der Waals surface area contributed by atoms with E-state index < -0.39 is 0 Å². The summed E-state index contributed by atoms with van der Waals surface area (Å²) in [4.78, 5) is 13.0. The van der Waals surface area contributed by atoms with Crippen LogP contribution in [0.1, 0.15) is 5.56 Å². The van der Waals surface area contributed by atoms with Crippen LogP contribution >= 0.6 is 11.8 Å². The van der Waals surface area contributed by atoms with Gasteiger partial charge in [-0.05, 0) is 29.8 Å². The standard InChI is InChI=1S/C22H24N4O4S/c1-5-12-26-21(27)20(23-16-8-11-18(29-3)19(13-16)30-4)24-25-22(26)31-14-15-6-9-17(28-2)10-7-15/h5-11,13H,1,12,14H2,2-4H3,(H,23,24). The van der Waals surface area contributed by atoms with Gasteiger partial charge in [-0.3, -0.25) is 9.36 Å². The molecule has 0 spiro atoms. The molecule has 0 aliphatic carbocycles. The molecule has 1 heterocycles. The molecule has 0 aliphatic heterocycles. The molecule has 0 unspecified atom stereocenters. The number of allylic oxidation sites excluding steroid dienone is 1. The fourth-order valence-corrected chi connectivity index (χ4v) is 3.70. The van der Waals surface area contributed by atoms with Crippen molar-refractivity contribution in [3.63, 3.8) is 0 Å². The number of aromatic nitrogens is 3. The fraction of sp³-hybridized carbons (Fsp3) is 0.227. The second-order valence-corrected chi connectivity index (χ2v) is 7.31. The van der Waals surface area contributed by atoms with Gasteiger partial charge in [-0.2, -0.15) is 0 Å². The number of thioether (sulfide) groups is 1. The summed E-state index contributed by atoms with van der Waals surface area (Å²) in [5.41, 5.74) is 1.42. The Hall–Kier alpha value is -3.46. The Balaban J connectivity index is 1.82. The van der Waals surface area contributed by atoms with Gasteiger partial charge in [0.15, 0.2) is 16.7 Å². The molecule has 0 fully saturated rings. The number of hydrogen-bond donors (Lipinski definition) is 1. The molecule has 162 valence electrons. The average molecular weight is 441 g/mol. The second kappa shape index (κ2) is 10.5. The summed E-state index contributed by atoms with van der Waals surface area (Å²) in [6.45, 7) is 4.07. The Morgan fingerprint density at radius 2 is 1.77 bits per heavy atom. The van der Waals surface area contributed by atoms with Crippen LogP contribution in [-0.2, 0) is 12.3 Å². The number of ether oxygens (including phenoxy) is 3. The highest BCUT2D eigenvalue weighted by atomic mass is 32.2. The zero-order chi connectivity index (χ0) is 22.2. The predicted octanol–water partition coefficient (Wildman–Crippen LogP) is 3.89. The third-order valence-electron chi connectivity index (χ3n) is 4.40. The lowest BCUT2D eigenvalue weighted by atomic mass is 10.2. The summed E-state index contributed by atoms with van der Waals surface area (Å²) in [7, 11) is 4.74. The predicted molar refractivity (Wildman–Crippen MR) is 122 cm³/mol. The van der Waals surface area contributed by atoms with Crippen LogP contribution in [0.5, 0.6) is 17.2 Å². The van der Waals surface area contributed by atoms with Crippen molar-refractivity contribution in [1.82, 2.24) is 14.8 Å². The van der Waals surface area contributed by atoms with E-state index >= 15 is 0 Å². The molecule has 1 aromatic heterocycles. The number of methoxy groups -OCH3 is 3. The minimum atomic E-state index is -0.290. The van der Waals surface area contributed by atoms with Crippen LogP contribution in [0.15, 0.2) is 65.1 Å². The van der Waals surface area contributed by atoms with Crippen molar-refractivity contribution >= 4 is 23.3 Å². The van der Waals surface area contributed by atoms with Crippen LogP contribution in [-0.4, -0.2) is 36.1 Å². The number of rotatable bonds is 10. The number of anilines is 2. The van der Waals surface area contributed by atoms with Gasteiger partial charge in [-0.25, -0.2) is 0 Å². The van der Waals surface area contributed by atoms with Crippen molar-refractivity contribution in [2.75, 3.05) is 26.6 Å². The van der Waals surface area contributed by atoms with Gasteiger partial charge in [-0.1, -0.05) is 30.0 Å². The third-order valence-corrected chi connectivity index (χ3v) is 5.44. The van der Waals surface area contributed by atoms with Crippen molar-refractivity contribution in [2.24, 2.45) is 0 Å². The monoisotopic (exact) mass is 440 g/mol. The van der Waals surface area contributed by atoms with E-state index in [2.05, 4.69) is 22.1 Å². The number of nitrogens with zero attached hydrogens (tertiary/aromatic N) is 3. The van der Waals surface area contributed by atoms with Crippen molar-refractivity contribution in [3.8, 4) is 17.2 Å². The van der Waals surface area contributed by atoms with E-state index in [-0.39, 0.29) is 11.4 Å². The van der Waals surface area contributed by atoms with Gasteiger partial charge in [0.2, 0.25) is 5.82 Å². The van der Waals surface area contributed by atoms with Crippen LogP contribution in [0.4, 0.5) is 11.5 Å². The van der Waals surface area contributed by atoms with Gasteiger partial charge >= 0.3 is 0 Å². The van der Waals surface area contributed by atoms with Crippen LogP contribution in [0, 0.1) is 0 Å². The first kappa shape index (κ1) is 22.2. The van der Waals surface area contributed by atoms with Gasteiger partial charge in [-0.15, -0.1) is 16.8 Å². The summed E-state index contributed by atoms with van der Waals surface area (Å²) in [5, 5.41) is 11.9. The van der Waals surface area contributed by atoms with Gasteiger partial charge in [0.05, 0.1) is 21.3 Å². The smallest absolute Gasteiger partial charge is 0.297 e. The van der Waals surface area contributed by atoms with Crippen molar-refractivity contribution in [2.45, 2.75) is 17.5 Å². The molecule has 3 aromatic rings. The molecule has 0 amide bonds. The third kappa shape index (κ3) is 5.37. The van der Waals surface area contributed by atoms with Gasteiger partial charge in [0.25, 0.3) is 5.56 Å². The first-order chi connectivity index (χ1) is 15.1. The molecule has 3 rings (SSSR count). The highest BCUT2D eigenvalue weighted by Crippen LogP contribution is 2.30. The normalized spacial score (nSPS) is 10.4. The van der Waals surface area contributed by atoms with Crippen molar-refractivity contribution in [3.05, 3.63) is 71.0 Å². The van der Waals surface area contributed by atoms with Gasteiger partial charge in [0, 0.05) is 24.1 Å². The van der Waals surface area contributed by atoms with E-state index in [4.69, 9.17) is 14.2 Å². The van der Waals surface area contributed by atoms with Gasteiger partial charge in [0.1, 0.15) is 5.75 Å². The Morgan fingerprint density at radius 3 is 2.42 bits per heavy atom. The molecule has 2 aromatic carbocycles. The zero-order valence-corrected chi connectivity index (χ0v) is 18.4. The molecule has 1 N–H and O–H groups in total. The lowest BCUT2D eigenvalue weighted by Crippen LogP contribution is -2.26. The summed E-state index contributed by atoms with van der Waals surface area (Å²) in [6, 6.07) is 13.0. The van der Waals surface area contributed by atoms with E-state index in [1.54, 1.807) is 45.6 Å². The van der Waals surface area contributed by atoms with Gasteiger partial charge < -0.3 is 19.5 Å². The quantitative estimate of drug-likeness (QED) is 0.375. The van der Waals surface area contributed by atoms with Crippen LogP contribution in [0.3, 0.4) is 0 Å². The fourth-order valence-electron chi connectivity index (χ4n) is 2.80. The first-order valence-electron chi connectivity index (χ1n) is 9.42. The Morgan fingerprint density at radius 1 is 1.03 bits per heavy atom. The molecule has 0 saturated heterocycles. The maximum absolute atomic E-state index is 13.0. The number of benzene rings is 2. The number of nitrogens with one attached hydrogen (secondary N) is 1. The van der Waals surface area contributed by atoms with E-state index in [0.717, 1.165) is 11.3 Å². The molecule has 8 nitrogen and oxygen atoms in total.